The van der Waals surface area contributed by atoms with Gasteiger partial charge in [-0.25, -0.2) is 9.97 Å². The molecule has 0 saturated carbocycles. The monoisotopic (exact) mass is 411 g/mol. The Morgan fingerprint density at radius 3 is 2.70 bits per heavy atom. The van der Waals surface area contributed by atoms with Crippen molar-refractivity contribution in [2.75, 3.05) is 32.7 Å². The molecule has 2 aliphatic heterocycles. The molecule has 1 atom stereocenters. The third-order valence-corrected chi connectivity index (χ3v) is 6.35. The molecule has 7 nitrogen and oxygen atoms in total. The lowest BCUT2D eigenvalue weighted by Gasteiger charge is -2.29. The highest BCUT2D eigenvalue weighted by atomic mass is 16.5. The molecule has 30 heavy (non-hydrogen) atoms. The molecule has 0 unspecified atom stereocenters. The summed E-state index contributed by atoms with van der Waals surface area (Å²) < 4.78 is 5.54. The molecule has 0 N–H and O–H groups in total. The smallest absolute Gasteiger partial charge is 0.236 e. The van der Waals surface area contributed by atoms with Crippen molar-refractivity contribution in [3.8, 4) is 11.3 Å². The Morgan fingerprint density at radius 2 is 1.97 bits per heavy atom. The molecule has 0 bridgehead atoms. The molecule has 4 rings (SSSR count). The lowest BCUT2D eigenvalue weighted by Crippen LogP contribution is -2.43. The van der Waals surface area contributed by atoms with Crippen LogP contribution in [0.2, 0.25) is 0 Å². The molecule has 2 aromatic heterocycles. The molecule has 2 aliphatic rings. The molecular formula is C23H33N5O2. The Hall–Kier alpha value is -2.28. The van der Waals surface area contributed by atoms with Gasteiger partial charge < -0.3 is 9.42 Å². The van der Waals surface area contributed by atoms with E-state index >= 15 is 0 Å². The minimum Gasteiger partial charge on any atom is -0.356 e. The quantitative estimate of drug-likeness (QED) is 0.749. The first-order valence-corrected chi connectivity index (χ1v) is 11.4. The maximum atomic E-state index is 12.7. The van der Waals surface area contributed by atoms with E-state index in [9.17, 15) is 4.79 Å². The van der Waals surface area contributed by atoms with Crippen molar-refractivity contribution in [1.29, 1.82) is 0 Å². The normalized spacial score (nSPS) is 20.9. The zero-order chi connectivity index (χ0) is 20.9. The van der Waals surface area contributed by atoms with Gasteiger partial charge in [0.1, 0.15) is 5.82 Å². The van der Waals surface area contributed by atoms with Crippen LogP contribution in [0.4, 0.5) is 0 Å². The second kappa shape index (κ2) is 9.69. The maximum absolute atomic E-state index is 12.7. The summed E-state index contributed by atoms with van der Waals surface area (Å²) in [6, 6.07) is 1.95. The van der Waals surface area contributed by atoms with Gasteiger partial charge in [-0.1, -0.05) is 12.1 Å². The van der Waals surface area contributed by atoms with Crippen LogP contribution in [-0.2, 0) is 11.2 Å². The van der Waals surface area contributed by atoms with Gasteiger partial charge in [-0.05, 0) is 58.5 Å². The van der Waals surface area contributed by atoms with E-state index in [2.05, 4.69) is 22.0 Å². The van der Waals surface area contributed by atoms with Crippen molar-refractivity contribution in [1.82, 2.24) is 24.9 Å². The van der Waals surface area contributed by atoms with Gasteiger partial charge in [0.2, 0.25) is 5.91 Å². The molecule has 162 valence electrons. The van der Waals surface area contributed by atoms with Gasteiger partial charge in [-0.3, -0.25) is 9.69 Å². The summed E-state index contributed by atoms with van der Waals surface area (Å²) in [6.07, 6.45) is 9.37. The van der Waals surface area contributed by atoms with E-state index < -0.39 is 0 Å². The van der Waals surface area contributed by atoms with E-state index in [0.717, 1.165) is 93.2 Å². The van der Waals surface area contributed by atoms with Gasteiger partial charge in [0.25, 0.3) is 0 Å². The SMILES string of the molecule is CCc1ncc(-c2cc(C)no2)c([C@H]2CCCN(CC(=O)N3CCCCC3)CC2)n1. The van der Waals surface area contributed by atoms with Crippen LogP contribution in [0.5, 0.6) is 0 Å². The number of carbonyl (C=O) groups excluding carboxylic acids is 1. The summed E-state index contributed by atoms with van der Waals surface area (Å²) in [7, 11) is 0. The van der Waals surface area contributed by atoms with Gasteiger partial charge in [-0.15, -0.1) is 0 Å². The van der Waals surface area contributed by atoms with Crippen molar-refractivity contribution in [3.05, 3.63) is 29.5 Å². The first kappa shape index (κ1) is 21.0. The van der Waals surface area contributed by atoms with Gasteiger partial charge in [0, 0.05) is 37.7 Å². The molecule has 0 aliphatic carbocycles. The number of amides is 1. The average molecular weight is 412 g/mol. The van der Waals surface area contributed by atoms with Crippen LogP contribution < -0.4 is 0 Å². The third-order valence-electron chi connectivity index (χ3n) is 6.35. The second-order valence-electron chi connectivity index (χ2n) is 8.62. The van der Waals surface area contributed by atoms with Gasteiger partial charge >= 0.3 is 0 Å². The molecule has 7 heteroatoms. The van der Waals surface area contributed by atoms with Crippen LogP contribution >= 0.6 is 0 Å². The zero-order valence-corrected chi connectivity index (χ0v) is 18.3. The van der Waals surface area contributed by atoms with Crippen LogP contribution in [0.25, 0.3) is 11.3 Å². The number of aryl methyl sites for hydroxylation is 2. The lowest BCUT2D eigenvalue weighted by molar-refractivity contribution is -0.133. The van der Waals surface area contributed by atoms with Crippen LogP contribution in [-0.4, -0.2) is 63.6 Å². The Labute approximate surface area is 178 Å². The van der Waals surface area contributed by atoms with Crippen molar-refractivity contribution in [3.63, 3.8) is 0 Å². The molecule has 0 spiro atoms. The van der Waals surface area contributed by atoms with Crippen molar-refractivity contribution in [2.24, 2.45) is 0 Å². The summed E-state index contributed by atoms with van der Waals surface area (Å²) in [5, 5.41) is 4.05. The first-order chi connectivity index (χ1) is 14.6. The predicted molar refractivity (Wildman–Crippen MR) is 115 cm³/mol. The summed E-state index contributed by atoms with van der Waals surface area (Å²) in [4.78, 5) is 26.5. The van der Waals surface area contributed by atoms with E-state index in [-0.39, 0.29) is 0 Å². The van der Waals surface area contributed by atoms with E-state index in [1.165, 1.54) is 6.42 Å². The summed E-state index contributed by atoms with van der Waals surface area (Å²) >= 11 is 0. The number of piperidine rings is 1. The predicted octanol–water partition coefficient (Wildman–Crippen LogP) is 3.58. The molecule has 4 heterocycles. The Morgan fingerprint density at radius 1 is 1.13 bits per heavy atom. The number of aromatic nitrogens is 3. The largest absolute Gasteiger partial charge is 0.356 e. The molecule has 0 radical (unpaired) electrons. The second-order valence-corrected chi connectivity index (χ2v) is 8.62. The number of nitrogens with zero attached hydrogens (tertiary/aromatic N) is 5. The average Bonchev–Trinajstić information content (AvgIpc) is 3.08. The third kappa shape index (κ3) is 4.89. The van der Waals surface area contributed by atoms with Crippen molar-refractivity contribution < 1.29 is 9.32 Å². The fraction of sp³-hybridized carbons (Fsp3) is 0.652. The number of carbonyl (C=O) groups is 1. The summed E-state index contributed by atoms with van der Waals surface area (Å²) in [6.45, 7) is 8.30. The minimum absolute atomic E-state index is 0.293. The van der Waals surface area contributed by atoms with Gasteiger partial charge in [0.15, 0.2) is 5.76 Å². The molecule has 2 aromatic rings. The van der Waals surface area contributed by atoms with E-state index in [4.69, 9.17) is 9.51 Å². The number of hydrogen-bond acceptors (Lipinski definition) is 6. The van der Waals surface area contributed by atoms with Crippen LogP contribution in [0.1, 0.15) is 68.6 Å². The maximum Gasteiger partial charge on any atom is 0.236 e. The molecule has 2 saturated heterocycles. The number of likely N-dealkylation sites (tertiary alicyclic amines) is 2. The summed E-state index contributed by atoms with van der Waals surface area (Å²) in [5.41, 5.74) is 2.89. The van der Waals surface area contributed by atoms with Crippen molar-refractivity contribution >= 4 is 5.91 Å². The topological polar surface area (TPSA) is 75.4 Å². The van der Waals surface area contributed by atoms with E-state index in [0.29, 0.717) is 18.4 Å². The highest BCUT2D eigenvalue weighted by molar-refractivity contribution is 5.78. The van der Waals surface area contributed by atoms with Crippen molar-refractivity contribution in [2.45, 2.75) is 64.7 Å². The molecule has 1 amide bonds. The number of rotatable bonds is 5. The fourth-order valence-corrected chi connectivity index (χ4v) is 4.62. The Balaban J connectivity index is 1.46. The lowest BCUT2D eigenvalue weighted by atomic mass is 9.92. The van der Waals surface area contributed by atoms with E-state index in [1.807, 2.05) is 24.1 Å². The minimum atomic E-state index is 0.293. The van der Waals surface area contributed by atoms with Gasteiger partial charge in [-0.2, -0.15) is 0 Å². The number of hydrogen-bond donors (Lipinski definition) is 0. The van der Waals surface area contributed by atoms with E-state index in [1.54, 1.807) is 0 Å². The highest BCUT2D eigenvalue weighted by Crippen LogP contribution is 2.34. The molecular weight excluding hydrogens is 378 g/mol. The summed E-state index contributed by atoms with van der Waals surface area (Å²) in [5.74, 6) is 2.24. The Bertz CT molecular complexity index is 859. The van der Waals surface area contributed by atoms with Crippen LogP contribution in [0.15, 0.2) is 16.8 Å². The van der Waals surface area contributed by atoms with Gasteiger partial charge in [0.05, 0.1) is 23.5 Å². The molecule has 2 fully saturated rings. The fourth-order valence-electron chi connectivity index (χ4n) is 4.62. The molecule has 0 aromatic carbocycles. The highest BCUT2D eigenvalue weighted by Gasteiger charge is 2.26. The Kier molecular flexibility index (Phi) is 6.77. The van der Waals surface area contributed by atoms with Crippen LogP contribution in [0, 0.1) is 6.92 Å². The van der Waals surface area contributed by atoms with Crippen LogP contribution in [0.3, 0.4) is 0 Å². The first-order valence-electron chi connectivity index (χ1n) is 11.4. The standard InChI is InChI=1S/C23H33N5O2/c1-3-21-24-15-19(20-14-17(2)26-30-20)23(25-21)18-8-7-10-27(13-9-18)16-22(29)28-11-5-4-6-12-28/h14-15,18H,3-13,16H2,1-2H3/t18-/m0/s1. The zero-order valence-electron chi connectivity index (χ0n) is 18.3.